The molecule has 30 heavy (non-hydrogen) atoms. The Kier molecular flexibility index (Phi) is 6.26. The number of anilines is 1. The number of methoxy groups -OCH3 is 1. The fraction of sp³-hybridized carbons (Fsp3) is 0.350. The summed E-state index contributed by atoms with van der Waals surface area (Å²) in [6.07, 6.45) is 0. The number of carbonyl (C=O) groups is 1. The molecule has 0 unspecified atom stereocenters. The van der Waals surface area contributed by atoms with Crippen LogP contribution in [0.25, 0.3) is 0 Å². The molecule has 2 aromatic carbocycles. The van der Waals surface area contributed by atoms with Crippen LogP contribution >= 0.6 is 23.4 Å². The first-order valence-corrected chi connectivity index (χ1v) is 12.2. The van der Waals surface area contributed by atoms with Crippen LogP contribution in [0, 0.1) is 0 Å². The third-order valence-corrected chi connectivity index (χ3v) is 8.21. The van der Waals surface area contributed by atoms with Gasteiger partial charge < -0.3 is 14.4 Å². The number of thioether (sulfide) groups is 1. The van der Waals surface area contributed by atoms with Gasteiger partial charge in [-0.2, -0.15) is 4.31 Å². The number of morpholine rings is 1. The minimum Gasteiger partial charge on any atom is -0.496 e. The molecule has 0 aromatic heterocycles. The average Bonchev–Trinajstić information content (AvgIpc) is 2.78. The van der Waals surface area contributed by atoms with Crippen LogP contribution in [0.4, 0.5) is 5.69 Å². The van der Waals surface area contributed by atoms with Gasteiger partial charge in [-0.25, -0.2) is 8.42 Å². The summed E-state index contributed by atoms with van der Waals surface area (Å²) in [6.45, 7) is 1.76. The van der Waals surface area contributed by atoms with E-state index < -0.39 is 10.0 Å². The van der Waals surface area contributed by atoms with Crippen molar-refractivity contribution in [2.24, 2.45) is 0 Å². The van der Waals surface area contributed by atoms with E-state index in [0.29, 0.717) is 36.2 Å². The largest absolute Gasteiger partial charge is 0.496 e. The molecule has 0 saturated carbocycles. The molecule has 1 fully saturated rings. The van der Waals surface area contributed by atoms with E-state index in [9.17, 15) is 13.2 Å². The molecule has 1 saturated heterocycles. The van der Waals surface area contributed by atoms with Gasteiger partial charge in [0.15, 0.2) is 0 Å². The van der Waals surface area contributed by atoms with Crippen LogP contribution in [0.5, 0.6) is 5.75 Å². The molecular formula is C20H21ClN2O5S2. The lowest BCUT2D eigenvalue weighted by atomic mass is 10.1. The first-order valence-electron chi connectivity index (χ1n) is 9.42. The number of nitrogens with zero attached hydrogens (tertiary/aromatic N) is 2. The van der Waals surface area contributed by atoms with Crippen molar-refractivity contribution < 1.29 is 22.7 Å². The molecule has 160 valence electrons. The molecular weight excluding hydrogens is 448 g/mol. The molecule has 0 atom stereocenters. The molecule has 4 rings (SSSR count). The zero-order valence-electron chi connectivity index (χ0n) is 16.3. The fourth-order valence-corrected chi connectivity index (χ4v) is 6.07. The molecule has 2 aliphatic rings. The number of amides is 1. The third kappa shape index (κ3) is 4.04. The predicted molar refractivity (Wildman–Crippen MR) is 116 cm³/mol. The Labute approximate surface area is 184 Å². The maximum atomic E-state index is 13.5. The van der Waals surface area contributed by atoms with Gasteiger partial charge in [-0.05, 0) is 36.4 Å². The van der Waals surface area contributed by atoms with Gasteiger partial charge in [0.1, 0.15) is 5.75 Å². The van der Waals surface area contributed by atoms with Crippen molar-refractivity contribution in [2.75, 3.05) is 50.6 Å². The zero-order chi connectivity index (χ0) is 21.3. The van der Waals surface area contributed by atoms with Crippen LogP contribution in [0.3, 0.4) is 0 Å². The SMILES string of the molecule is COc1ccc(S(=O)(=O)N2CCOCC2)cc1C(=O)N1CCSc2ccc(Cl)cc21. The molecule has 1 amide bonds. The van der Waals surface area contributed by atoms with Gasteiger partial charge in [-0.1, -0.05) is 11.6 Å². The van der Waals surface area contributed by atoms with Crippen LogP contribution in [-0.4, -0.2) is 64.3 Å². The van der Waals surface area contributed by atoms with Crippen LogP contribution in [-0.2, 0) is 14.8 Å². The monoisotopic (exact) mass is 468 g/mol. The number of hydrogen-bond acceptors (Lipinski definition) is 6. The minimum absolute atomic E-state index is 0.0613. The number of carbonyl (C=O) groups excluding carboxylic acids is 1. The van der Waals surface area contributed by atoms with Gasteiger partial charge in [-0.3, -0.25) is 4.79 Å². The summed E-state index contributed by atoms with van der Waals surface area (Å²) >= 11 is 7.81. The lowest BCUT2D eigenvalue weighted by molar-refractivity contribution is 0.0730. The van der Waals surface area contributed by atoms with E-state index in [-0.39, 0.29) is 29.5 Å². The Hall–Kier alpha value is -1.78. The number of ether oxygens (including phenoxy) is 2. The van der Waals surface area contributed by atoms with Crippen molar-refractivity contribution in [1.82, 2.24) is 4.31 Å². The van der Waals surface area contributed by atoms with Gasteiger partial charge in [-0.15, -0.1) is 11.8 Å². The molecule has 2 heterocycles. The quantitative estimate of drug-likeness (QED) is 0.686. The molecule has 2 aromatic rings. The molecule has 0 bridgehead atoms. The molecule has 2 aliphatic heterocycles. The van der Waals surface area contributed by atoms with Gasteiger partial charge in [0, 0.05) is 35.3 Å². The Morgan fingerprint density at radius 2 is 1.90 bits per heavy atom. The highest BCUT2D eigenvalue weighted by atomic mass is 35.5. The highest BCUT2D eigenvalue weighted by molar-refractivity contribution is 7.99. The standard InChI is InChI=1S/C20H21ClN2O5S2/c1-27-18-4-3-15(30(25,26)22-6-9-28-10-7-22)13-16(18)20(24)23-8-11-29-19-5-2-14(21)12-17(19)23/h2-5,12-13H,6-11H2,1H3. The van der Waals surface area contributed by atoms with Crippen molar-refractivity contribution in [2.45, 2.75) is 9.79 Å². The first-order chi connectivity index (χ1) is 14.4. The summed E-state index contributed by atoms with van der Waals surface area (Å²) in [4.78, 5) is 16.1. The lowest BCUT2D eigenvalue weighted by Gasteiger charge is -2.30. The highest BCUT2D eigenvalue weighted by Gasteiger charge is 2.30. The van der Waals surface area contributed by atoms with Crippen LogP contribution in [0.1, 0.15) is 10.4 Å². The molecule has 10 heteroatoms. The number of benzene rings is 2. The highest BCUT2D eigenvalue weighted by Crippen LogP contribution is 2.38. The number of halogens is 1. The number of hydrogen-bond donors (Lipinski definition) is 0. The second-order valence-corrected chi connectivity index (χ2v) is 10.3. The van der Waals surface area contributed by atoms with E-state index in [1.54, 1.807) is 28.8 Å². The molecule has 7 nitrogen and oxygen atoms in total. The Morgan fingerprint density at radius 3 is 2.63 bits per heavy atom. The van der Waals surface area contributed by atoms with Crippen molar-refractivity contribution in [3.05, 3.63) is 47.0 Å². The number of sulfonamides is 1. The summed E-state index contributed by atoms with van der Waals surface area (Å²) < 4.78 is 38.1. The van der Waals surface area contributed by atoms with Crippen molar-refractivity contribution >= 4 is 45.0 Å². The predicted octanol–water partition coefficient (Wildman–Crippen LogP) is 3.12. The topological polar surface area (TPSA) is 76.1 Å². The molecule has 0 radical (unpaired) electrons. The smallest absolute Gasteiger partial charge is 0.262 e. The Balaban J connectivity index is 1.73. The first kappa shape index (κ1) is 21.5. The number of rotatable bonds is 4. The third-order valence-electron chi connectivity index (χ3n) is 5.04. The van der Waals surface area contributed by atoms with Crippen molar-refractivity contribution in [1.29, 1.82) is 0 Å². The van der Waals surface area contributed by atoms with Gasteiger partial charge >= 0.3 is 0 Å². The minimum atomic E-state index is -3.74. The second kappa shape index (κ2) is 8.76. The van der Waals surface area contributed by atoms with E-state index >= 15 is 0 Å². The number of fused-ring (bicyclic) bond motifs is 1. The zero-order valence-corrected chi connectivity index (χ0v) is 18.7. The molecule has 0 aliphatic carbocycles. The second-order valence-electron chi connectivity index (χ2n) is 6.80. The normalized spacial score (nSPS) is 17.5. The maximum Gasteiger partial charge on any atom is 0.262 e. The van der Waals surface area contributed by atoms with Crippen LogP contribution in [0.15, 0.2) is 46.2 Å². The van der Waals surface area contributed by atoms with E-state index in [1.807, 2.05) is 6.07 Å². The molecule has 0 N–H and O–H groups in total. The van der Waals surface area contributed by atoms with Crippen molar-refractivity contribution in [3.63, 3.8) is 0 Å². The maximum absolute atomic E-state index is 13.5. The summed E-state index contributed by atoms with van der Waals surface area (Å²) in [5, 5.41) is 0.532. The summed E-state index contributed by atoms with van der Waals surface area (Å²) in [6, 6.07) is 9.82. The van der Waals surface area contributed by atoms with E-state index in [0.717, 1.165) is 10.6 Å². The summed E-state index contributed by atoms with van der Waals surface area (Å²) in [5.41, 5.74) is 0.914. The van der Waals surface area contributed by atoms with Crippen LogP contribution in [0.2, 0.25) is 5.02 Å². The average molecular weight is 469 g/mol. The van der Waals surface area contributed by atoms with E-state index in [2.05, 4.69) is 0 Å². The summed E-state index contributed by atoms with van der Waals surface area (Å²) in [5.74, 6) is 0.728. The van der Waals surface area contributed by atoms with Gasteiger partial charge in [0.2, 0.25) is 10.0 Å². The lowest BCUT2D eigenvalue weighted by Crippen LogP contribution is -2.40. The van der Waals surface area contributed by atoms with Gasteiger partial charge in [0.05, 0.1) is 36.5 Å². The van der Waals surface area contributed by atoms with Crippen LogP contribution < -0.4 is 9.64 Å². The summed E-state index contributed by atoms with van der Waals surface area (Å²) in [7, 11) is -2.28. The van der Waals surface area contributed by atoms with Gasteiger partial charge in [0.25, 0.3) is 5.91 Å². The van der Waals surface area contributed by atoms with Crippen molar-refractivity contribution in [3.8, 4) is 5.75 Å². The van der Waals surface area contributed by atoms with E-state index in [1.165, 1.54) is 29.6 Å². The van der Waals surface area contributed by atoms with E-state index in [4.69, 9.17) is 21.1 Å². The Bertz CT molecular complexity index is 1070. The Morgan fingerprint density at radius 1 is 1.13 bits per heavy atom. The molecule has 0 spiro atoms. The fourth-order valence-electron chi connectivity index (χ4n) is 3.50.